The van der Waals surface area contributed by atoms with Crippen molar-refractivity contribution in [2.75, 3.05) is 33.4 Å². The zero-order valence-corrected chi connectivity index (χ0v) is 9.06. The van der Waals surface area contributed by atoms with E-state index in [0.717, 1.165) is 25.9 Å². The van der Waals surface area contributed by atoms with Crippen molar-refractivity contribution in [2.24, 2.45) is 5.41 Å². The van der Waals surface area contributed by atoms with Crippen LogP contribution in [0.4, 0.5) is 0 Å². The van der Waals surface area contributed by atoms with Gasteiger partial charge in [-0.05, 0) is 12.8 Å². The molecule has 4 nitrogen and oxygen atoms in total. The maximum absolute atomic E-state index is 11.5. The van der Waals surface area contributed by atoms with Crippen LogP contribution in [0, 0.1) is 5.41 Å². The molecule has 0 spiro atoms. The van der Waals surface area contributed by atoms with E-state index in [4.69, 9.17) is 4.74 Å². The number of methoxy groups -OCH3 is 1. The molecule has 1 amide bonds. The third kappa shape index (κ3) is 3.64. The minimum atomic E-state index is -0.0491. The van der Waals surface area contributed by atoms with Gasteiger partial charge in [-0.2, -0.15) is 0 Å². The van der Waals surface area contributed by atoms with E-state index in [1.807, 2.05) is 6.92 Å². The molecule has 0 unspecified atom stereocenters. The molecule has 0 radical (unpaired) electrons. The van der Waals surface area contributed by atoms with Crippen LogP contribution in [0.15, 0.2) is 0 Å². The lowest BCUT2D eigenvalue weighted by Gasteiger charge is -2.10. The maximum atomic E-state index is 11.5. The summed E-state index contributed by atoms with van der Waals surface area (Å²) in [4.78, 5) is 11.5. The van der Waals surface area contributed by atoms with Crippen molar-refractivity contribution in [3.8, 4) is 0 Å². The zero-order valence-electron chi connectivity index (χ0n) is 9.06. The van der Waals surface area contributed by atoms with Gasteiger partial charge >= 0.3 is 0 Å². The van der Waals surface area contributed by atoms with E-state index in [2.05, 4.69) is 10.6 Å². The summed E-state index contributed by atoms with van der Waals surface area (Å²) in [6, 6.07) is 0. The zero-order chi connectivity index (χ0) is 10.4. The second kappa shape index (κ2) is 5.32. The molecule has 1 saturated carbocycles. The molecular formula is C10H20N2O2. The Hall–Kier alpha value is -0.610. The smallest absolute Gasteiger partial charge is 0.225 e. The second-order valence-electron chi connectivity index (χ2n) is 4.06. The van der Waals surface area contributed by atoms with E-state index < -0.39 is 0 Å². The van der Waals surface area contributed by atoms with Crippen molar-refractivity contribution < 1.29 is 9.53 Å². The fourth-order valence-corrected chi connectivity index (χ4v) is 1.19. The summed E-state index contributed by atoms with van der Waals surface area (Å²) in [6.45, 7) is 5.08. The quantitative estimate of drug-likeness (QED) is 0.575. The van der Waals surface area contributed by atoms with Crippen LogP contribution >= 0.6 is 0 Å². The number of amides is 1. The van der Waals surface area contributed by atoms with E-state index in [1.54, 1.807) is 7.11 Å². The number of hydrogen-bond donors (Lipinski definition) is 2. The van der Waals surface area contributed by atoms with Gasteiger partial charge in [0.2, 0.25) is 5.91 Å². The monoisotopic (exact) mass is 200 g/mol. The number of nitrogens with one attached hydrogen (secondary N) is 2. The van der Waals surface area contributed by atoms with Gasteiger partial charge in [0.05, 0.1) is 6.61 Å². The van der Waals surface area contributed by atoms with Gasteiger partial charge in [0.15, 0.2) is 0 Å². The van der Waals surface area contributed by atoms with Crippen molar-refractivity contribution in [2.45, 2.75) is 19.8 Å². The molecule has 14 heavy (non-hydrogen) atoms. The number of rotatable bonds is 7. The topological polar surface area (TPSA) is 50.4 Å². The summed E-state index contributed by atoms with van der Waals surface area (Å²) in [5.41, 5.74) is -0.0491. The van der Waals surface area contributed by atoms with Gasteiger partial charge < -0.3 is 15.4 Å². The molecule has 0 aromatic rings. The van der Waals surface area contributed by atoms with Crippen molar-refractivity contribution in [3.05, 3.63) is 0 Å². The van der Waals surface area contributed by atoms with Crippen molar-refractivity contribution >= 4 is 5.91 Å². The summed E-state index contributed by atoms with van der Waals surface area (Å²) in [5, 5.41) is 6.09. The van der Waals surface area contributed by atoms with E-state index in [1.165, 1.54) is 0 Å². The summed E-state index contributed by atoms with van der Waals surface area (Å²) in [5.74, 6) is 0.200. The highest BCUT2D eigenvalue weighted by atomic mass is 16.5. The molecule has 1 fully saturated rings. The SMILES string of the molecule is COCCNCCNC(=O)C1(C)CC1. The Morgan fingerprint density at radius 3 is 2.64 bits per heavy atom. The third-order valence-electron chi connectivity index (χ3n) is 2.62. The second-order valence-corrected chi connectivity index (χ2v) is 4.06. The molecule has 1 aliphatic rings. The number of carbonyl (C=O) groups excluding carboxylic acids is 1. The largest absolute Gasteiger partial charge is 0.383 e. The van der Waals surface area contributed by atoms with Crippen molar-refractivity contribution in [1.82, 2.24) is 10.6 Å². The van der Waals surface area contributed by atoms with Gasteiger partial charge in [-0.1, -0.05) is 6.92 Å². The van der Waals surface area contributed by atoms with Crippen LogP contribution < -0.4 is 10.6 Å². The maximum Gasteiger partial charge on any atom is 0.225 e. The van der Waals surface area contributed by atoms with Gasteiger partial charge in [-0.3, -0.25) is 4.79 Å². The first-order valence-electron chi connectivity index (χ1n) is 5.17. The Kier molecular flexibility index (Phi) is 4.35. The lowest BCUT2D eigenvalue weighted by atomic mass is 10.1. The Bertz CT molecular complexity index is 191. The highest BCUT2D eigenvalue weighted by molar-refractivity contribution is 5.84. The molecule has 0 saturated heterocycles. The average molecular weight is 200 g/mol. The van der Waals surface area contributed by atoms with Crippen molar-refractivity contribution in [3.63, 3.8) is 0 Å². The summed E-state index contributed by atoms with van der Waals surface area (Å²) < 4.78 is 4.88. The van der Waals surface area contributed by atoms with Crippen LogP contribution in [0.25, 0.3) is 0 Å². The fourth-order valence-electron chi connectivity index (χ4n) is 1.19. The van der Waals surface area contributed by atoms with Gasteiger partial charge in [0, 0.05) is 32.2 Å². The van der Waals surface area contributed by atoms with Crippen molar-refractivity contribution in [1.29, 1.82) is 0 Å². The van der Waals surface area contributed by atoms with Gasteiger partial charge in [0.1, 0.15) is 0 Å². The van der Waals surface area contributed by atoms with E-state index >= 15 is 0 Å². The molecule has 0 aromatic carbocycles. The first-order valence-corrected chi connectivity index (χ1v) is 5.17. The minimum absolute atomic E-state index is 0.0491. The molecular weight excluding hydrogens is 180 g/mol. The predicted octanol–water partition coefficient (Wildman–Crippen LogP) is 0.139. The lowest BCUT2D eigenvalue weighted by molar-refractivity contribution is -0.125. The fraction of sp³-hybridized carbons (Fsp3) is 0.900. The first-order chi connectivity index (χ1) is 6.69. The van der Waals surface area contributed by atoms with Crippen LogP contribution in [-0.2, 0) is 9.53 Å². The normalized spacial score (nSPS) is 17.9. The van der Waals surface area contributed by atoms with Crippen LogP contribution in [-0.4, -0.2) is 39.3 Å². The summed E-state index contributed by atoms with van der Waals surface area (Å²) >= 11 is 0. The molecule has 0 atom stereocenters. The number of ether oxygens (including phenoxy) is 1. The Morgan fingerprint density at radius 1 is 1.36 bits per heavy atom. The molecule has 0 aromatic heterocycles. The van der Waals surface area contributed by atoms with Crippen LogP contribution in [0.2, 0.25) is 0 Å². The summed E-state index contributed by atoms with van der Waals surface area (Å²) in [6.07, 6.45) is 2.08. The standard InChI is InChI=1S/C10H20N2O2/c1-10(3-4-10)9(13)12-6-5-11-7-8-14-2/h11H,3-8H2,1-2H3,(H,12,13). The van der Waals surface area contributed by atoms with Gasteiger partial charge in [0.25, 0.3) is 0 Å². The van der Waals surface area contributed by atoms with E-state index in [9.17, 15) is 4.79 Å². The van der Waals surface area contributed by atoms with E-state index in [-0.39, 0.29) is 11.3 Å². The number of hydrogen-bond acceptors (Lipinski definition) is 3. The summed E-state index contributed by atoms with van der Waals surface area (Å²) in [7, 11) is 1.68. The predicted molar refractivity (Wildman–Crippen MR) is 55.1 cm³/mol. The first kappa shape index (κ1) is 11.5. The molecule has 82 valence electrons. The third-order valence-corrected chi connectivity index (χ3v) is 2.62. The highest BCUT2D eigenvalue weighted by Gasteiger charge is 2.44. The average Bonchev–Trinajstić information content (AvgIpc) is 2.91. The molecule has 0 aliphatic heterocycles. The van der Waals surface area contributed by atoms with E-state index in [0.29, 0.717) is 13.2 Å². The number of carbonyl (C=O) groups is 1. The van der Waals surface area contributed by atoms with Gasteiger partial charge in [-0.25, -0.2) is 0 Å². The molecule has 2 N–H and O–H groups in total. The lowest BCUT2D eigenvalue weighted by Crippen LogP contribution is -2.36. The molecule has 0 heterocycles. The Morgan fingerprint density at radius 2 is 2.07 bits per heavy atom. The van der Waals surface area contributed by atoms with Gasteiger partial charge in [-0.15, -0.1) is 0 Å². The Balaban J connectivity index is 1.91. The Labute approximate surface area is 85.4 Å². The minimum Gasteiger partial charge on any atom is -0.383 e. The molecule has 0 bridgehead atoms. The van der Waals surface area contributed by atoms with Crippen LogP contribution in [0.3, 0.4) is 0 Å². The molecule has 1 rings (SSSR count). The van der Waals surface area contributed by atoms with Crippen LogP contribution in [0.5, 0.6) is 0 Å². The molecule has 1 aliphatic carbocycles. The van der Waals surface area contributed by atoms with Crippen LogP contribution in [0.1, 0.15) is 19.8 Å². The highest BCUT2D eigenvalue weighted by Crippen LogP contribution is 2.44. The molecule has 4 heteroatoms.